The first kappa shape index (κ1) is 10.6. The summed E-state index contributed by atoms with van der Waals surface area (Å²) >= 11 is 0. The van der Waals surface area contributed by atoms with Crippen LogP contribution in [0.25, 0.3) is 0 Å². The topological polar surface area (TPSA) is 54.0 Å². The molecule has 5 heteroatoms. The summed E-state index contributed by atoms with van der Waals surface area (Å²) < 4.78 is 20.4. The lowest BCUT2D eigenvalue weighted by Crippen LogP contribution is -2.02. The van der Waals surface area contributed by atoms with Gasteiger partial charge in [0.1, 0.15) is 17.9 Å². The first-order valence-corrected chi connectivity index (χ1v) is 4.71. The highest BCUT2D eigenvalue weighted by atomic mass is 16.5. The summed E-state index contributed by atoms with van der Waals surface area (Å²) in [5.41, 5.74) is 1.09. The summed E-state index contributed by atoms with van der Waals surface area (Å²) in [7, 11) is 4.52. The highest BCUT2D eigenvalue weighted by molar-refractivity contribution is 5.98. The highest BCUT2D eigenvalue weighted by Crippen LogP contribution is 2.42. The molecule has 0 N–H and O–H groups in total. The second kappa shape index (κ2) is 3.92. The summed E-state index contributed by atoms with van der Waals surface area (Å²) in [4.78, 5) is 11.6. The van der Waals surface area contributed by atoms with Crippen LogP contribution < -0.4 is 14.2 Å². The van der Waals surface area contributed by atoms with E-state index in [2.05, 4.69) is 0 Å². The maximum atomic E-state index is 11.6. The van der Waals surface area contributed by atoms with Gasteiger partial charge in [0.05, 0.1) is 26.9 Å². The van der Waals surface area contributed by atoms with E-state index < -0.39 is 5.97 Å². The fourth-order valence-corrected chi connectivity index (χ4v) is 1.76. The van der Waals surface area contributed by atoms with Crippen molar-refractivity contribution in [3.05, 3.63) is 17.2 Å². The van der Waals surface area contributed by atoms with Gasteiger partial charge in [0.25, 0.3) is 0 Å². The van der Waals surface area contributed by atoms with Crippen molar-refractivity contribution in [1.29, 1.82) is 0 Å². The predicted octanol–water partition coefficient (Wildman–Crippen LogP) is 1.38. The predicted molar refractivity (Wildman–Crippen MR) is 55.2 cm³/mol. The Kier molecular flexibility index (Phi) is 2.60. The number of hydrogen-bond acceptors (Lipinski definition) is 5. The number of rotatable bonds is 3. The Morgan fingerprint density at radius 3 is 2.38 bits per heavy atom. The molecular formula is C11H12O5. The Hall–Kier alpha value is -1.91. The number of carbonyl (C=O) groups excluding carboxylic acids is 1. The molecular weight excluding hydrogens is 212 g/mol. The van der Waals surface area contributed by atoms with Crippen LogP contribution in [0, 0.1) is 0 Å². The number of hydrogen-bond donors (Lipinski definition) is 0. The largest absolute Gasteiger partial charge is 0.496 e. The lowest BCUT2D eigenvalue weighted by molar-refractivity contribution is 0.0532. The first-order valence-electron chi connectivity index (χ1n) is 4.71. The van der Waals surface area contributed by atoms with Crippen LogP contribution in [0.1, 0.15) is 15.9 Å². The molecule has 1 heterocycles. The number of methoxy groups -OCH3 is 3. The Bertz CT molecular complexity index is 438. The van der Waals surface area contributed by atoms with Gasteiger partial charge in [-0.15, -0.1) is 0 Å². The molecule has 0 spiro atoms. The number of carbonyl (C=O) groups is 1. The fraction of sp³-hybridized carbons (Fsp3) is 0.364. The van der Waals surface area contributed by atoms with Gasteiger partial charge in [0.15, 0.2) is 11.5 Å². The van der Waals surface area contributed by atoms with E-state index >= 15 is 0 Å². The molecule has 0 aliphatic carbocycles. The average molecular weight is 224 g/mol. The van der Waals surface area contributed by atoms with Gasteiger partial charge in [0.2, 0.25) is 0 Å². The second-order valence-electron chi connectivity index (χ2n) is 3.24. The summed E-state index contributed by atoms with van der Waals surface area (Å²) in [6.07, 6.45) is 0. The van der Waals surface area contributed by atoms with E-state index in [1.54, 1.807) is 6.07 Å². The van der Waals surface area contributed by atoms with Gasteiger partial charge in [0, 0.05) is 6.07 Å². The van der Waals surface area contributed by atoms with E-state index in [4.69, 9.17) is 18.9 Å². The zero-order chi connectivity index (χ0) is 11.7. The van der Waals surface area contributed by atoms with E-state index in [0.29, 0.717) is 28.4 Å². The van der Waals surface area contributed by atoms with Crippen molar-refractivity contribution < 1.29 is 23.7 Å². The van der Waals surface area contributed by atoms with Crippen molar-refractivity contribution in [3.8, 4) is 17.2 Å². The SMILES string of the molecule is COc1cc(OC)c(OC)c2c1COC2=O. The normalized spacial score (nSPS) is 13.1. The quantitative estimate of drug-likeness (QED) is 0.726. The molecule has 1 aliphatic rings. The number of cyclic esters (lactones) is 1. The van der Waals surface area contributed by atoms with Gasteiger partial charge >= 0.3 is 5.97 Å². The van der Waals surface area contributed by atoms with Crippen LogP contribution in [0.3, 0.4) is 0 Å². The third-order valence-electron chi connectivity index (χ3n) is 2.51. The standard InChI is InChI=1S/C11H12O5/c1-13-7-4-8(14-2)10(15-3)9-6(7)5-16-11(9)12/h4H,5H2,1-3H3. The third-order valence-corrected chi connectivity index (χ3v) is 2.51. The Morgan fingerprint density at radius 2 is 1.81 bits per heavy atom. The molecule has 1 aliphatic heterocycles. The van der Waals surface area contributed by atoms with Gasteiger partial charge < -0.3 is 18.9 Å². The van der Waals surface area contributed by atoms with Gasteiger partial charge in [-0.2, -0.15) is 0 Å². The van der Waals surface area contributed by atoms with Gasteiger partial charge in [-0.3, -0.25) is 0 Å². The average Bonchev–Trinajstić information content (AvgIpc) is 2.70. The minimum atomic E-state index is -0.413. The van der Waals surface area contributed by atoms with Crippen LogP contribution in [-0.2, 0) is 11.3 Å². The molecule has 0 saturated heterocycles. The van der Waals surface area contributed by atoms with Crippen molar-refractivity contribution >= 4 is 5.97 Å². The monoisotopic (exact) mass is 224 g/mol. The molecule has 1 aromatic rings. The van der Waals surface area contributed by atoms with E-state index in [9.17, 15) is 4.79 Å². The summed E-state index contributed by atoms with van der Waals surface area (Å²) in [6.45, 7) is 0.206. The minimum absolute atomic E-state index is 0.206. The van der Waals surface area contributed by atoms with Crippen molar-refractivity contribution in [1.82, 2.24) is 0 Å². The smallest absolute Gasteiger partial charge is 0.342 e. The fourth-order valence-electron chi connectivity index (χ4n) is 1.76. The maximum Gasteiger partial charge on any atom is 0.342 e. The minimum Gasteiger partial charge on any atom is -0.496 e. The van der Waals surface area contributed by atoms with Crippen molar-refractivity contribution in [2.24, 2.45) is 0 Å². The molecule has 0 radical (unpaired) electrons. The lowest BCUT2D eigenvalue weighted by Gasteiger charge is -2.12. The first-order chi connectivity index (χ1) is 7.72. The van der Waals surface area contributed by atoms with Crippen LogP contribution in [0.2, 0.25) is 0 Å². The summed E-state index contributed by atoms with van der Waals surface area (Å²) in [6, 6.07) is 1.68. The molecule has 1 aromatic carbocycles. The Labute approximate surface area is 92.9 Å². The number of fused-ring (bicyclic) bond motifs is 1. The number of ether oxygens (including phenoxy) is 4. The van der Waals surface area contributed by atoms with E-state index in [1.165, 1.54) is 21.3 Å². The van der Waals surface area contributed by atoms with Crippen molar-refractivity contribution in [2.75, 3.05) is 21.3 Å². The molecule has 0 unspecified atom stereocenters. The second-order valence-corrected chi connectivity index (χ2v) is 3.24. The molecule has 0 bridgehead atoms. The lowest BCUT2D eigenvalue weighted by atomic mass is 10.1. The molecule has 0 fully saturated rings. The van der Waals surface area contributed by atoms with E-state index in [0.717, 1.165) is 0 Å². The van der Waals surface area contributed by atoms with Crippen molar-refractivity contribution in [3.63, 3.8) is 0 Å². The molecule has 86 valence electrons. The van der Waals surface area contributed by atoms with Gasteiger partial charge in [-0.25, -0.2) is 4.79 Å². The zero-order valence-electron chi connectivity index (χ0n) is 9.33. The molecule has 16 heavy (non-hydrogen) atoms. The molecule has 0 amide bonds. The molecule has 0 atom stereocenters. The Morgan fingerprint density at radius 1 is 1.12 bits per heavy atom. The van der Waals surface area contributed by atoms with Crippen LogP contribution in [0.4, 0.5) is 0 Å². The summed E-state index contributed by atoms with van der Waals surface area (Å²) in [5, 5.41) is 0. The molecule has 0 aromatic heterocycles. The van der Waals surface area contributed by atoms with E-state index in [-0.39, 0.29) is 6.61 Å². The Balaban J connectivity index is 2.70. The van der Waals surface area contributed by atoms with Crippen LogP contribution in [0.15, 0.2) is 6.07 Å². The molecule has 5 nitrogen and oxygen atoms in total. The number of benzene rings is 1. The van der Waals surface area contributed by atoms with Crippen LogP contribution in [0.5, 0.6) is 17.2 Å². The van der Waals surface area contributed by atoms with Crippen LogP contribution >= 0.6 is 0 Å². The zero-order valence-corrected chi connectivity index (χ0v) is 9.33. The van der Waals surface area contributed by atoms with E-state index in [1.807, 2.05) is 0 Å². The van der Waals surface area contributed by atoms with Crippen LogP contribution in [-0.4, -0.2) is 27.3 Å². The molecule has 2 rings (SSSR count). The van der Waals surface area contributed by atoms with Gasteiger partial charge in [-0.05, 0) is 0 Å². The third kappa shape index (κ3) is 1.36. The maximum absolute atomic E-state index is 11.6. The number of esters is 1. The highest BCUT2D eigenvalue weighted by Gasteiger charge is 2.31. The molecule has 0 saturated carbocycles. The summed E-state index contributed by atoms with van der Waals surface area (Å²) in [5.74, 6) is 1.00. The van der Waals surface area contributed by atoms with Crippen molar-refractivity contribution in [2.45, 2.75) is 6.61 Å². The van der Waals surface area contributed by atoms with Gasteiger partial charge in [-0.1, -0.05) is 0 Å².